The highest BCUT2D eigenvalue weighted by molar-refractivity contribution is 5.27. The number of rotatable bonds is 0. The van der Waals surface area contributed by atoms with E-state index in [0.29, 0.717) is 5.82 Å². The Bertz CT molecular complexity index is 306. The summed E-state index contributed by atoms with van der Waals surface area (Å²) in [6.07, 6.45) is 0. The van der Waals surface area contributed by atoms with Crippen molar-refractivity contribution in [3.05, 3.63) is 22.0 Å². The topological polar surface area (TPSA) is 71.8 Å². The lowest BCUT2D eigenvalue weighted by Gasteiger charge is -1.94. The normalized spacial score (nSPS) is 9.80. The largest absolute Gasteiger partial charge is 0.381 e. The summed E-state index contributed by atoms with van der Waals surface area (Å²) in [4.78, 5) is 16.1. The monoisotopic (exact) mass is 143 g/mol. The van der Waals surface area contributed by atoms with Crippen molar-refractivity contribution in [3.63, 3.8) is 0 Å². The summed E-state index contributed by atoms with van der Waals surface area (Å²) < 4.78 is 12.4. The Kier molecular flexibility index (Phi) is 1.41. The summed E-state index contributed by atoms with van der Waals surface area (Å²) in [6.45, 7) is 1.52. The summed E-state index contributed by atoms with van der Waals surface area (Å²) in [5.74, 6) is -1.07. The third-order valence-corrected chi connectivity index (χ3v) is 1.01. The molecule has 0 unspecified atom stereocenters. The zero-order valence-corrected chi connectivity index (χ0v) is 5.31. The van der Waals surface area contributed by atoms with Crippen molar-refractivity contribution in [2.45, 2.75) is 6.92 Å². The van der Waals surface area contributed by atoms with Gasteiger partial charge in [0.15, 0.2) is 5.82 Å². The van der Waals surface area contributed by atoms with Gasteiger partial charge in [0.25, 0.3) is 5.56 Å². The molecule has 0 spiro atoms. The van der Waals surface area contributed by atoms with Gasteiger partial charge in [-0.1, -0.05) is 0 Å². The van der Waals surface area contributed by atoms with Crippen LogP contribution in [0.15, 0.2) is 4.79 Å². The predicted octanol–water partition coefficient (Wildman–Crippen LogP) is -0.200. The Hall–Kier alpha value is -1.39. The van der Waals surface area contributed by atoms with Crippen LogP contribution in [0.4, 0.5) is 10.2 Å². The van der Waals surface area contributed by atoms with Gasteiger partial charge in [-0.25, -0.2) is 4.98 Å². The molecule has 5 heteroatoms. The smallest absolute Gasteiger partial charge is 0.289 e. The number of nitrogens with one attached hydrogen (secondary N) is 1. The van der Waals surface area contributed by atoms with Crippen molar-refractivity contribution in [3.8, 4) is 0 Å². The Balaban J connectivity index is 3.46. The lowest BCUT2D eigenvalue weighted by atomic mass is 10.5. The second-order valence-electron chi connectivity index (χ2n) is 1.85. The van der Waals surface area contributed by atoms with E-state index >= 15 is 0 Å². The van der Waals surface area contributed by atoms with Crippen molar-refractivity contribution < 1.29 is 4.39 Å². The number of hydrogen-bond acceptors (Lipinski definition) is 3. The van der Waals surface area contributed by atoms with Crippen LogP contribution >= 0.6 is 0 Å². The average Bonchev–Trinajstić information content (AvgIpc) is 1.82. The fourth-order valence-electron chi connectivity index (χ4n) is 0.593. The van der Waals surface area contributed by atoms with E-state index in [2.05, 4.69) is 9.97 Å². The molecule has 1 rings (SSSR count). The van der Waals surface area contributed by atoms with Gasteiger partial charge in [0.05, 0.1) is 0 Å². The molecule has 0 amide bonds. The molecule has 10 heavy (non-hydrogen) atoms. The van der Waals surface area contributed by atoms with Crippen molar-refractivity contribution >= 4 is 5.82 Å². The molecule has 3 N–H and O–H groups in total. The van der Waals surface area contributed by atoms with E-state index in [-0.39, 0.29) is 5.82 Å². The molecule has 4 nitrogen and oxygen atoms in total. The first-order valence-corrected chi connectivity index (χ1v) is 2.63. The second kappa shape index (κ2) is 2.09. The first-order chi connectivity index (χ1) is 4.61. The van der Waals surface area contributed by atoms with Gasteiger partial charge in [-0.2, -0.15) is 4.39 Å². The number of hydrogen-bond donors (Lipinski definition) is 2. The number of aryl methyl sites for hydroxylation is 1. The first-order valence-electron chi connectivity index (χ1n) is 2.63. The molecule has 0 aliphatic carbocycles. The van der Waals surface area contributed by atoms with Gasteiger partial charge >= 0.3 is 0 Å². The van der Waals surface area contributed by atoms with Crippen LogP contribution in [0.25, 0.3) is 0 Å². The van der Waals surface area contributed by atoms with Crippen LogP contribution in [0.5, 0.6) is 0 Å². The number of H-pyrrole nitrogens is 1. The predicted molar refractivity (Wildman–Crippen MR) is 34.0 cm³/mol. The molecule has 0 saturated heterocycles. The highest BCUT2D eigenvalue weighted by atomic mass is 19.1. The van der Waals surface area contributed by atoms with E-state index in [0.717, 1.165) is 0 Å². The van der Waals surface area contributed by atoms with Crippen LogP contribution in [-0.2, 0) is 0 Å². The minimum atomic E-state index is -1.02. The summed E-state index contributed by atoms with van der Waals surface area (Å²) >= 11 is 0. The van der Waals surface area contributed by atoms with Gasteiger partial charge in [-0.3, -0.25) is 4.79 Å². The van der Waals surface area contributed by atoms with Crippen molar-refractivity contribution in [1.82, 2.24) is 9.97 Å². The molecule has 0 saturated carbocycles. The minimum Gasteiger partial charge on any atom is -0.381 e. The first kappa shape index (κ1) is 6.73. The number of nitrogens with zero attached hydrogens (tertiary/aromatic N) is 1. The average molecular weight is 143 g/mol. The maximum absolute atomic E-state index is 12.4. The molecular weight excluding hydrogens is 137 g/mol. The zero-order chi connectivity index (χ0) is 7.72. The van der Waals surface area contributed by atoms with E-state index in [1.54, 1.807) is 0 Å². The molecule has 0 aliphatic heterocycles. The van der Waals surface area contributed by atoms with Crippen LogP contribution in [0.2, 0.25) is 0 Å². The fourth-order valence-corrected chi connectivity index (χ4v) is 0.593. The van der Waals surface area contributed by atoms with Gasteiger partial charge < -0.3 is 10.7 Å². The van der Waals surface area contributed by atoms with Crippen LogP contribution in [-0.4, -0.2) is 9.97 Å². The Labute approximate surface area is 55.9 Å². The third-order valence-electron chi connectivity index (χ3n) is 1.01. The van der Waals surface area contributed by atoms with E-state index < -0.39 is 11.4 Å². The molecule has 1 heterocycles. The quantitative estimate of drug-likeness (QED) is 0.528. The molecule has 0 aromatic carbocycles. The molecule has 54 valence electrons. The highest BCUT2D eigenvalue weighted by Crippen LogP contribution is 1.97. The molecule has 0 atom stereocenters. The maximum atomic E-state index is 12.4. The lowest BCUT2D eigenvalue weighted by Crippen LogP contribution is -2.16. The van der Waals surface area contributed by atoms with Gasteiger partial charge in [0, 0.05) is 0 Å². The summed E-state index contributed by atoms with van der Waals surface area (Å²) in [7, 11) is 0. The summed E-state index contributed by atoms with van der Waals surface area (Å²) in [5, 5.41) is 0. The van der Waals surface area contributed by atoms with Crippen molar-refractivity contribution in [2.75, 3.05) is 5.73 Å². The van der Waals surface area contributed by atoms with Crippen molar-refractivity contribution in [1.29, 1.82) is 0 Å². The van der Waals surface area contributed by atoms with Gasteiger partial charge in [0.1, 0.15) is 5.82 Å². The summed E-state index contributed by atoms with van der Waals surface area (Å²) in [6, 6.07) is 0. The Morgan fingerprint density at radius 2 is 2.30 bits per heavy atom. The second-order valence-corrected chi connectivity index (χ2v) is 1.85. The molecule has 0 bridgehead atoms. The highest BCUT2D eigenvalue weighted by Gasteiger charge is 2.03. The Morgan fingerprint density at radius 3 is 2.80 bits per heavy atom. The molecule has 0 radical (unpaired) electrons. The van der Waals surface area contributed by atoms with E-state index in [1.807, 2.05) is 0 Å². The molecule has 1 aromatic rings. The third kappa shape index (κ3) is 0.975. The summed E-state index contributed by atoms with van der Waals surface area (Å²) in [5.41, 5.74) is 4.19. The molecule has 1 aromatic heterocycles. The minimum absolute atomic E-state index is 0.309. The fraction of sp³-hybridized carbons (Fsp3) is 0.200. The zero-order valence-electron chi connectivity index (χ0n) is 5.31. The van der Waals surface area contributed by atoms with Crippen LogP contribution in [0, 0.1) is 12.7 Å². The van der Waals surface area contributed by atoms with Gasteiger partial charge in [-0.15, -0.1) is 0 Å². The number of anilines is 1. The lowest BCUT2D eigenvalue weighted by molar-refractivity contribution is 0.603. The number of nitrogens with two attached hydrogens (primary N) is 1. The molecular formula is C5H6FN3O. The van der Waals surface area contributed by atoms with Gasteiger partial charge in [-0.05, 0) is 6.92 Å². The van der Waals surface area contributed by atoms with E-state index in [4.69, 9.17) is 5.73 Å². The maximum Gasteiger partial charge on any atom is 0.289 e. The van der Waals surface area contributed by atoms with Gasteiger partial charge in [0.2, 0.25) is 5.82 Å². The standard InChI is InChI=1S/C5H6FN3O/c1-2-8-4(7)3(6)5(10)9-2/h1H3,(H3,7,8,9,10). The molecule has 0 aliphatic rings. The number of nitrogen functional groups attached to an aromatic ring is 1. The van der Waals surface area contributed by atoms with Crippen LogP contribution in [0.3, 0.4) is 0 Å². The van der Waals surface area contributed by atoms with Crippen molar-refractivity contribution in [2.24, 2.45) is 0 Å². The number of aromatic nitrogens is 2. The van der Waals surface area contributed by atoms with Crippen LogP contribution < -0.4 is 11.3 Å². The van der Waals surface area contributed by atoms with E-state index in [1.165, 1.54) is 6.92 Å². The number of aromatic amines is 1. The molecule has 0 fully saturated rings. The Morgan fingerprint density at radius 1 is 1.70 bits per heavy atom. The van der Waals surface area contributed by atoms with Crippen LogP contribution in [0.1, 0.15) is 5.82 Å². The number of halogens is 1. The van der Waals surface area contributed by atoms with E-state index in [9.17, 15) is 9.18 Å². The SMILES string of the molecule is Cc1nc(N)c(F)c(=O)[nH]1.